The average Bonchev–Trinajstić information content (AvgIpc) is 3.21. The molecule has 58 heavy (non-hydrogen) atoms. The highest BCUT2D eigenvalue weighted by atomic mass is 32.2. The summed E-state index contributed by atoms with van der Waals surface area (Å²) in [4.78, 5) is 27.6. The maximum absolute atomic E-state index is 13.2. The van der Waals surface area contributed by atoms with Gasteiger partial charge in [-0.15, -0.1) is 0 Å². The Labute approximate surface area is 344 Å². The van der Waals surface area contributed by atoms with Crippen LogP contribution in [0.3, 0.4) is 0 Å². The molecule has 0 fully saturated rings. The third-order valence-electron chi connectivity index (χ3n) is 8.43. The van der Waals surface area contributed by atoms with Gasteiger partial charge < -0.3 is 48.5 Å². The van der Waals surface area contributed by atoms with Crippen LogP contribution < -0.4 is 39.1 Å². The molecular weight excluding hydrogens is 789 g/mol. The molecular formula is C42H52N2O12S2. The zero-order valence-electron chi connectivity index (χ0n) is 33.6. The molecule has 0 saturated carbocycles. The highest BCUT2D eigenvalue weighted by Gasteiger charge is 2.27. The van der Waals surface area contributed by atoms with E-state index in [1.807, 2.05) is 50.2 Å². The second-order valence-corrected chi connectivity index (χ2v) is 15.5. The second kappa shape index (κ2) is 23.9. The first-order valence-corrected chi connectivity index (χ1v) is 21.6. The minimum absolute atomic E-state index is 0.0506. The second-order valence-electron chi connectivity index (χ2n) is 12.9. The van der Waals surface area contributed by atoms with Gasteiger partial charge in [0.2, 0.25) is 0 Å². The SMILES string of the molecule is COc1cc(S(C)=O)c(C)cc1OCCNCC(COc1ccccc1)OC(=O)C(=O)OC(CNCCOc1cc(C)c(S(C)=O)cc1OC)COc1ccccc1. The van der Waals surface area contributed by atoms with E-state index in [1.54, 1.807) is 61.0 Å². The smallest absolute Gasteiger partial charge is 0.417 e. The summed E-state index contributed by atoms with van der Waals surface area (Å²) in [6.45, 7) is 5.01. The van der Waals surface area contributed by atoms with Crippen LogP contribution in [-0.2, 0) is 40.7 Å². The fraction of sp³-hybridized carbons (Fsp3) is 0.381. The molecule has 0 aromatic heterocycles. The Kier molecular flexibility index (Phi) is 18.8. The van der Waals surface area contributed by atoms with Crippen molar-refractivity contribution in [2.45, 2.75) is 35.8 Å². The highest BCUT2D eigenvalue weighted by Crippen LogP contribution is 2.33. The molecule has 0 aliphatic carbocycles. The van der Waals surface area contributed by atoms with Crippen LogP contribution in [0.2, 0.25) is 0 Å². The summed E-state index contributed by atoms with van der Waals surface area (Å²) >= 11 is 0. The monoisotopic (exact) mass is 840 g/mol. The van der Waals surface area contributed by atoms with Gasteiger partial charge in [-0.3, -0.25) is 8.42 Å². The molecule has 0 aliphatic rings. The molecule has 0 heterocycles. The zero-order chi connectivity index (χ0) is 41.9. The van der Waals surface area contributed by atoms with Crippen molar-refractivity contribution < 1.29 is 55.9 Å². The molecule has 4 aromatic rings. The number of ether oxygens (including phenoxy) is 8. The van der Waals surface area contributed by atoms with Gasteiger partial charge in [-0.2, -0.15) is 0 Å². The van der Waals surface area contributed by atoms with Crippen molar-refractivity contribution >= 4 is 33.5 Å². The predicted molar refractivity (Wildman–Crippen MR) is 220 cm³/mol. The van der Waals surface area contributed by atoms with Gasteiger partial charge in [0, 0.05) is 60.6 Å². The van der Waals surface area contributed by atoms with Crippen molar-refractivity contribution in [1.29, 1.82) is 0 Å². The molecule has 4 aromatic carbocycles. The molecule has 0 aliphatic heterocycles. The quantitative estimate of drug-likeness (QED) is 0.0579. The van der Waals surface area contributed by atoms with E-state index in [-0.39, 0.29) is 39.5 Å². The largest absolute Gasteiger partial charge is 0.493 e. The van der Waals surface area contributed by atoms with Gasteiger partial charge >= 0.3 is 11.9 Å². The van der Waals surface area contributed by atoms with Crippen LogP contribution >= 0.6 is 0 Å². The molecule has 0 bridgehead atoms. The number of carbonyl (C=O) groups excluding carboxylic acids is 2. The van der Waals surface area contributed by atoms with Gasteiger partial charge in [0.25, 0.3) is 0 Å². The molecule has 14 nitrogen and oxygen atoms in total. The van der Waals surface area contributed by atoms with Crippen molar-refractivity contribution in [3.63, 3.8) is 0 Å². The van der Waals surface area contributed by atoms with E-state index in [1.165, 1.54) is 14.2 Å². The van der Waals surface area contributed by atoms with Crippen LogP contribution in [0.25, 0.3) is 0 Å². The molecule has 0 spiro atoms. The van der Waals surface area contributed by atoms with Gasteiger partial charge in [-0.25, -0.2) is 9.59 Å². The number of aryl methyl sites for hydroxylation is 2. The van der Waals surface area contributed by atoms with Crippen molar-refractivity contribution in [2.75, 3.05) is 79.3 Å². The Hall–Kier alpha value is -5.16. The summed E-state index contributed by atoms with van der Waals surface area (Å²) < 4.78 is 69.8. The molecule has 0 radical (unpaired) electrons. The Morgan fingerprint density at radius 3 is 1.29 bits per heavy atom. The number of hydrogen-bond donors (Lipinski definition) is 2. The minimum atomic E-state index is -1.19. The van der Waals surface area contributed by atoms with Gasteiger partial charge in [0.05, 0.1) is 35.8 Å². The number of hydrogen-bond acceptors (Lipinski definition) is 14. The van der Waals surface area contributed by atoms with Crippen LogP contribution in [0, 0.1) is 13.8 Å². The third-order valence-corrected chi connectivity index (χ3v) is 10.5. The first-order chi connectivity index (χ1) is 28.0. The summed E-state index contributed by atoms with van der Waals surface area (Å²) in [5.74, 6) is 0.650. The number of para-hydroxylation sites is 2. The summed E-state index contributed by atoms with van der Waals surface area (Å²) in [5.41, 5.74) is 1.62. The van der Waals surface area contributed by atoms with Crippen molar-refractivity contribution in [1.82, 2.24) is 10.6 Å². The maximum Gasteiger partial charge on any atom is 0.417 e. The lowest BCUT2D eigenvalue weighted by Gasteiger charge is -2.21. The summed E-state index contributed by atoms with van der Waals surface area (Å²) in [5, 5.41) is 6.36. The standard InChI is InChI=1S/C42H52N2O12S2/c1-29-21-37(35(49-3)23-39(29)57(5)47)51-19-17-43-25-33(27-53-31-13-9-7-10-14-31)55-41(45)42(46)56-34(28-54-32-15-11-8-12-16-32)26-44-18-20-52-38-22-30(2)40(58(6)48)24-36(38)50-4/h7-16,21-24,33-34,43-44H,17-20,25-28H2,1-6H3. The lowest BCUT2D eigenvalue weighted by atomic mass is 10.2. The molecule has 4 unspecified atom stereocenters. The highest BCUT2D eigenvalue weighted by molar-refractivity contribution is 7.84. The Bertz CT molecular complexity index is 1830. The maximum atomic E-state index is 13.2. The first-order valence-electron chi connectivity index (χ1n) is 18.5. The average molecular weight is 841 g/mol. The molecule has 0 amide bonds. The Morgan fingerprint density at radius 2 is 0.948 bits per heavy atom. The molecule has 16 heteroatoms. The number of benzene rings is 4. The van der Waals surface area contributed by atoms with Crippen LogP contribution in [0.15, 0.2) is 94.7 Å². The fourth-order valence-corrected chi connectivity index (χ4v) is 7.09. The molecule has 0 saturated heterocycles. The zero-order valence-corrected chi connectivity index (χ0v) is 35.2. The van der Waals surface area contributed by atoms with Crippen LogP contribution in [0.5, 0.6) is 34.5 Å². The van der Waals surface area contributed by atoms with E-state index in [2.05, 4.69) is 10.6 Å². The van der Waals surface area contributed by atoms with Crippen molar-refractivity contribution in [2.24, 2.45) is 0 Å². The lowest BCUT2D eigenvalue weighted by Crippen LogP contribution is -2.41. The summed E-state index contributed by atoms with van der Waals surface area (Å²) in [7, 11) is 0.660. The molecule has 4 atom stereocenters. The number of esters is 2. The minimum Gasteiger partial charge on any atom is -0.493 e. The lowest BCUT2D eigenvalue weighted by molar-refractivity contribution is -0.175. The van der Waals surface area contributed by atoms with Crippen molar-refractivity contribution in [3.8, 4) is 34.5 Å². The Balaban J connectivity index is 1.33. The molecule has 314 valence electrons. The normalized spacial score (nSPS) is 13.0. The molecule has 4 rings (SSSR count). The number of rotatable bonds is 24. The topological polar surface area (TPSA) is 166 Å². The summed E-state index contributed by atoms with van der Waals surface area (Å²) in [6.07, 6.45) is 1.45. The predicted octanol–water partition coefficient (Wildman–Crippen LogP) is 4.41. The molecule has 2 N–H and O–H groups in total. The third kappa shape index (κ3) is 14.7. The Morgan fingerprint density at radius 1 is 0.569 bits per heavy atom. The number of carbonyl (C=O) groups is 2. The summed E-state index contributed by atoms with van der Waals surface area (Å²) in [6, 6.07) is 25.0. The van der Waals surface area contributed by atoms with Gasteiger partial charge in [0.15, 0.2) is 23.0 Å². The van der Waals surface area contributed by atoms with Gasteiger partial charge in [-0.1, -0.05) is 36.4 Å². The van der Waals surface area contributed by atoms with Crippen molar-refractivity contribution in [3.05, 3.63) is 96.1 Å². The van der Waals surface area contributed by atoms with E-state index in [9.17, 15) is 18.0 Å². The van der Waals surface area contributed by atoms with Crippen LogP contribution in [0.4, 0.5) is 0 Å². The van der Waals surface area contributed by atoms with Gasteiger partial charge in [0.1, 0.15) is 50.1 Å². The van der Waals surface area contributed by atoms with E-state index in [4.69, 9.17) is 37.9 Å². The van der Waals surface area contributed by atoms with Gasteiger partial charge in [-0.05, 0) is 61.4 Å². The fourth-order valence-electron chi connectivity index (χ4n) is 5.52. The number of methoxy groups -OCH3 is 2. The first kappa shape index (κ1) is 45.5. The van der Waals surface area contributed by atoms with E-state index >= 15 is 0 Å². The van der Waals surface area contributed by atoms with E-state index in [0.29, 0.717) is 57.4 Å². The van der Waals surface area contributed by atoms with E-state index < -0.39 is 45.7 Å². The number of nitrogens with one attached hydrogen (secondary N) is 2. The van der Waals surface area contributed by atoms with Crippen LogP contribution in [0.1, 0.15) is 11.1 Å². The van der Waals surface area contributed by atoms with E-state index in [0.717, 1.165) is 11.1 Å². The van der Waals surface area contributed by atoms with Crippen LogP contribution in [-0.4, -0.2) is 112 Å².